The zero-order valence-electron chi connectivity index (χ0n) is 11.6. The van der Waals surface area contributed by atoms with Crippen LogP contribution in [0.15, 0.2) is 42.0 Å². The van der Waals surface area contributed by atoms with Crippen molar-refractivity contribution in [3.8, 4) is 0 Å². The Morgan fingerprint density at radius 1 is 1.35 bits per heavy atom. The summed E-state index contributed by atoms with van der Waals surface area (Å²) in [6.07, 6.45) is 2.01. The summed E-state index contributed by atoms with van der Waals surface area (Å²) in [5, 5.41) is 11.9. The number of rotatable bonds is 7. The zero-order valence-corrected chi connectivity index (χ0v) is 11.6. The Bertz CT molecular complexity index is 482. The van der Waals surface area contributed by atoms with Crippen molar-refractivity contribution in [3.63, 3.8) is 0 Å². The summed E-state index contributed by atoms with van der Waals surface area (Å²) in [6, 6.07) is 8.54. The summed E-state index contributed by atoms with van der Waals surface area (Å²) in [5.74, 6) is -1.35. The van der Waals surface area contributed by atoms with Gasteiger partial charge in [0, 0.05) is 12.1 Å². The normalized spacial score (nSPS) is 12.8. The summed E-state index contributed by atoms with van der Waals surface area (Å²) in [4.78, 5) is 22.6. The molecule has 0 aromatic heterocycles. The predicted octanol–water partition coefficient (Wildman–Crippen LogP) is 1.91. The van der Waals surface area contributed by atoms with Crippen LogP contribution in [-0.4, -0.2) is 30.7 Å². The largest absolute Gasteiger partial charge is 0.478 e. The Kier molecular flexibility index (Phi) is 6.46. The van der Waals surface area contributed by atoms with Gasteiger partial charge in [0.25, 0.3) is 0 Å². The number of ether oxygens (including phenoxy) is 1. The first-order chi connectivity index (χ1) is 9.60. The number of esters is 1. The average Bonchev–Trinajstić information content (AvgIpc) is 2.47. The first-order valence-electron chi connectivity index (χ1n) is 6.38. The van der Waals surface area contributed by atoms with E-state index in [1.165, 1.54) is 7.11 Å². The summed E-state index contributed by atoms with van der Waals surface area (Å²) >= 11 is 0. The van der Waals surface area contributed by atoms with Gasteiger partial charge in [-0.15, -0.1) is 0 Å². The Morgan fingerprint density at radius 3 is 2.50 bits per heavy atom. The minimum atomic E-state index is -0.941. The molecule has 0 saturated heterocycles. The fraction of sp³-hybridized carbons (Fsp3) is 0.333. The van der Waals surface area contributed by atoms with Crippen LogP contribution in [0.3, 0.4) is 0 Å². The highest BCUT2D eigenvalue weighted by molar-refractivity contribution is 5.86. The number of benzene rings is 1. The molecule has 0 aliphatic carbocycles. The van der Waals surface area contributed by atoms with Gasteiger partial charge in [-0.1, -0.05) is 43.3 Å². The van der Waals surface area contributed by atoms with Gasteiger partial charge in [0.15, 0.2) is 0 Å². The maximum absolute atomic E-state index is 11.8. The molecule has 5 heteroatoms. The quantitative estimate of drug-likeness (QED) is 0.588. The Labute approximate surface area is 118 Å². The highest BCUT2D eigenvalue weighted by Crippen LogP contribution is 2.14. The molecule has 20 heavy (non-hydrogen) atoms. The van der Waals surface area contributed by atoms with E-state index < -0.39 is 18.0 Å². The number of hydrogen-bond donors (Lipinski definition) is 2. The van der Waals surface area contributed by atoms with Gasteiger partial charge in [-0.2, -0.15) is 0 Å². The number of methoxy groups -OCH3 is 1. The summed E-state index contributed by atoms with van der Waals surface area (Å²) < 4.78 is 4.76. The van der Waals surface area contributed by atoms with Crippen molar-refractivity contribution in [1.29, 1.82) is 0 Å². The SMILES string of the molecule is CC/C(=C/CNC(C(=O)OC)c1ccccc1)C(=O)O. The van der Waals surface area contributed by atoms with E-state index in [2.05, 4.69) is 5.32 Å². The molecule has 1 rings (SSSR count). The third kappa shape index (κ3) is 4.51. The van der Waals surface area contributed by atoms with Crippen molar-refractivity contribution >= 4 is 11.9 Å². The topological polar surface area (TPSA) is 75.6 Å². The molecule has 0 aliphatic rings. The third-order valence-corrected chi connectivity index (χ3v) is 2.90. The number of nitrogens with one attached hydrogen (secondary N) is 1. The summed E-state index contributed by atoms with van der Waals surface area (Å²) in [5.41, 5.74) is 1.09. The van der Waals surface area contributed by atoms with Crippen LogP contribution in [0.2, 0.25) is 0 Å². The molecule has 0 radical (unpaired) electrons. The lowest BCUT2D eigenvalue weighted by Crippen LogP contribution is -2.30. The number of carboxylic acids is 1. The fourth-order valence-corrected chi connectivity index (χ4v) is 1.78. The van der Waals surface area contributed by atoms with Gasteiger partial charge < -0.3 is 9.84 Å². The molecule has 1 unspecified atom stereocenters. The number of hydrogen-bond acceptors (Lipinski definition) is 4. The highest BCUT2D eigenvalue weighted by atomic mass is 16.5. The van der Waals surface area contributed by atoms with Gasteiger partial charge in [-0.05, 0) is 12.0 Å². The van der Waals surface area contributed by atoms with Crippen LogP contribution in [0.5, 0.6) is 0 Å². The van der Waals surface area contributed by atoms with Gasteiger partial charge in [-0.3, -0.25) is 5.32 Å². The highest BCUT2D eigenvalue weighted by Gasteiger charge is 2.19. The molecular formula is C15H19NO4. The number of aliphatic carboxylic acids is 1. The van der Waals surface area contributed by atoms with Crippen molar-refractivity contribution < 1.29 is 19.4 Å². The van der Waals surface area contributed by atoms with Gasteiger partial charge in [-0.25, -0.2) is 9.59 Å². The van der Waals surface area contributed by atoms with E-state index in [9.17, 15) is 9.59 Å². The standard InChI is InChI=1S/C15H19NO4/c1-3-11(14(17)18)9-10-16-13(15(19)20-2)12-7-5-4-6-8-12/h4-9,13,16H,3,10H2,1-2H3,(H,17,18)/b11-9-. The molecule has 0 bridgehead atoms. The van der Waals surface area contributed by atoms with Gasteiger partial charge in [0.1, 0.15) is 6.04 Å². The molecule has 1 aromatic carbocycles. The van der Waals surface area contributed by atoms with Crippen molar-refractivity contribution in [1.82, 2.24) is 5.32 Å². The molecule has 0 spiro atoms. The van der Waals surface area contributed by atoms with E-state index in [-0.39, 0.29) is 6.54 Å². The fourth-order valence-electron chi connectivity index (χ4n) is 1.78. The zero-order chi connectivity index (χ0) is 15.0. The molecular weight excluding hydrogens is 258 g/mol. The molecule has 0 saturated carbocycles. The van der Waals surface area contributed by atoms with E-state index >= 15 is 0 Å². The maximum atomic E-state index is 11.8. The van der Waals surface area contributed by atoms with E-state index in [4.69, 9.17) is 9.84 Å². The molecule has 5 nitrogen and oxygen atoms in total. The second-order valence-electron chi connectivity index (χ2n) is 4.16. The van der Waals surface area contributed by atoms with E-state index in [1.54, 1.807) is 13.0 Å². The number of carboxylic acid groups (broad SMARTS) is 1. The minimum Gasteiger partial charge on any atom is -0.478 e. The molecule has 1 aromatic rings. The van der Waals surface area contributed by atoms with Crippen molar-refractivity contribution in [2.75, 3.05) is 13.7 Å². The van der Waals surface area contributed by atoms with Crippen LogP contribution in [0, 0.1) is 0 Å². The lowest BCUT2D eigenvalue weighted by Gasteiger charge is -2.16. The van der Waals surface area contributed by atoms with Crippen LogP contribution in [0.25, 0.3) is 0 Å². The van der Waals surface area contributed by atoms with E-state index in [1.807, 2.05) is 30.3 Å². The molecule has 2 N–H and O–H groups in total. The van der Waals surface area contributed by atoms with Crippen molar-refractivity contribution in [3.05, 3.63) is 47.5 Å². The van der Waals surface area contributed by atoms with Crippen molar-refractivity contribution in [2.24, 2.45) is 0 Å². The first kappa shape index (κ1) is 15.9. The molecule has 1 atom stereocenters. The van der Waals surface area contributed by atoms with E-state index in [0.717, 1.165) is 5.56 Å². The Balaban J connectivity index is 2.77. The van der Waals surface area contributed by atoms with Crippen LogP contribution >= 0.6 is 0 Å². The first-order valence-corrected chi connectivity index (χ1v) is 6.38. The van der Waals surface area contributed by atoms with Gasteiger partial charge in [0.05, 0.1) is 7.11 Å². The Morgan fingerprint density at radius 2 is 2.00 bits per heavy atom. The third-order valence-electron chi connectivity index (χ3n) is 2.90. The monoisotopic (exact) mass is 277 g/mol. The lowest BCUT2D eigenvalue weighted by molar-refractivity contribution is -0.143. The number of carbonyl (C=O) groups is 2. The van der Waals surface area contributed by atoms with Crippen LogP contribution in [-0.2, 0) is 14.3 Å². The molecule has 0 heterocycles. The van der Waals surface area contributed by atoms with Crippen LogP contribution < -0.4 is 5.32 Å². The summed E-state index contributed by atoms with van der Waals surface area (Å²) in [7, 11) is 1.32. The van der Waals surface area contributed by atoms with Crippen molar-refractivity contribution in [2.45, 2.75) is 19.4 Å². The second kappa shape index (κ2) is 8.12. The average molecular weight is 277 g/mol. The second-order valence-corrected chi connectivity index (χ2v) is 4.16. The van der Waals surface area contributed by atoms with Crippen LogP contribution in [0.4, 0.5) is 0 Å². The maximum Gasteiger partial charge on any atom is 0.331 e. The molecule has 0 amide bonds. The number of carbonyl (C=O) groups excluding carboxylic acids is 1. The lowest BCUT2D eigenvalue weighted by atomic mass is 10.1. The van der Waals surface area contributed by atoms with Gasteiger partial charge in [0.2, 0.25) is 0 Å². The molecule has 108 valence electrons. The minimum absolute atomic E-state index is 0.282. The van der Waals surface area contributed by atoms with Gasteiger partial charge >= 0.3 is 11.9 Å². The predicted molar refractivity (Wildman–Crippen MR) is 75.2 cm³/mol. The Hall–Kier alpha value is -2.14. The molecule has 0 fully saturated rings. The summed E-state index contributed by atoms with van der Waals surface area (Å²) in [6.45, 7) is 2.05. The van der Waals surface area contributed by atoms with Crippen LogP contribution in [0.1, 0.15) is 24.9 Å². The molecule has 0 aliphatic heterocycles. The van der Waals surface area contributed by atoms with E-state index in [0.29, 0.717) is 12.0 Å². The smallest absolute Gasteiger partial charge is 0.331 e.